The van der Waals surface area contributed by atoms with Gasteiger partial charge in [0.2, 0.25) is 0 Å². The highest BCUT2D eigenvalue weighted by atomic mass is 32.2. The van der Waals surface area contributed by atoms with Crippen LogP contribution in [0.1, 0.15) is 64.2 Å². The Bertz CT molecular complexity index is 335. The van der Waals surface area contributed by atoms with E-state index in [1.165, 1.54) is 70.0 Å². The van der Waals surface area contributed by atoms with E-state index in [-0.39, 0.29) is 4.93 Å². The molecule has 0 aromatic rings. The topological polar surface area (TPSA) is 9.23 Å². The molecule has 0 amide bonds. The predicted molar refractivity (Wildman–Crippen MR) is 96.1 cm³/mol. The first-order valence-electron chi connectivity index (χ1n) is 9.62. The lowest BCUT2D eigenvalue weighted by Gasteiger charge is -2.46. The Labute approximate surface area is 141 Å². The molecule has 0 aromatic heterocycles. The molecular weight excluding hydrogens is 290 g/mol. The first-order valence-corrected chi connectivity index (χ1v) is 10.6. The van der Waals surface area contributed by atoms with Crippen LogP contribution in [0.2, 0.25) is 0 Å². The first kappa shape index (κ1) is 17.1. The lowest BCUT2D eigenvalue weighted by molar-refractivity contribution is -0.873. The number of hydrogen-bond donors (Lipinski definition) is 0. The van der Waals surface area contributed by atoms with Gasteiger partial charge in [-0.05, 0) is 37.5 Å². The Hall–Kier alpha value is 0.270. The van der Waals surface area contributed by atoms with Gasteiger partial charge in [-0.3, -0.25) is 0 Å². The maximum absolute atomic E-state index is 6.95. The molecule has 3 fully saturated rings. The molecule has 0 unspecified atom stereocenters. The molecule has 128 valence electrons. The van der Waals surface area contributed by atoms with Gasteiger partial charge in [-0.2, -0.15) is 0 Å². The highest BCUT2D eigenvalue weighted by Gasteiger charge is 2.52. The highest BCUT2D eigenvalue weighted by Crippen LogP contribution is 2.55. The number of thioether (sulfide) groups is 1. The second-order valence-corrected chi connectivity index (χ2v) is 10.2. The maximum Gasteiger partial charge on any atom is 0.120 e. The van der Waals surface area contributed by atoms with E-state index >= 15 is 0 Å². The zero-order valence-corrected chi connectivity index (χ0v) is 15.8. The molecule has 1 saturated heterocycles. The number of ether oxygens (including phenoxy) is 1. The lowest BCUT2D eigenvalue weighted by atomic mass is 9.74. The van der Waals surface area contributed by atoms with Gasteiger partial charge in [0, 0.05) is 5.75 Å². The fourth-order valence-corrected chi connectivity index (χ4v) is 6.79. The third-order valence-corrected chi connectivity index (χ3v) is 7.70. The van der Waals surface area contributed by atoms with Crippen LogP contribution in [0, 0.1) is 11.8 Å². The zero-order valence-electron chi connectivity index (χ0n) is 15.0. The standard InChI is InChI=1S/C19H36NOS/c1-20(2,3)14-18-15-22-19(21-18,16-10-6-4-7-11-16)17-12-8-5-9-13-17/h16-18H,4-15H2,1-3H3/q+1/t18-/m1/s1. The van der Waals surface area contributed by atoms with Crippen LogP contribution in [0.25, 0.3) is 0 Å². The Kier molecular flexibility index (Phi) is 5.46. The minimum Gasteiger partial charge on any atom is -0.354 e. The molecule has 2 saturated carbocycles. The number of hydrogen-bond acceptors (Lipinski definition) is 2. The second kappa shape index (κ2) is 7.03. The number of quaternary nitrogens is 1. The molecule has 0 bridgehead atoms. The molecule has 3 heteroatoms. The van der Waals surface area contributed by atoms with E-state index in [1.54, 1.807) is 0 Å². The number of rotatable bonds is 4. The van der Waals surface area contributed by atoms with Crippen molar-refractivity contribution in [3.05, 3.63) is 0 Å². The summed E-state index contributed by atoms with van der Waals surface area (Å²) in [5.74, 6) is 2.88. The van der Waals surface area contributed by atoms with Crippen molar-refractivity contribution in [1.82, 2.24) is 0 Å². The Morgan fingerprint density at radius 3 is 1.82 bits per heavy atom. The molecule has 0 aromatic carbocycles. The van der Waals surface area contributed by atoms with Crippen LogP contribution in [0.4, 0.5) is 0 Å². The summed E-state index contributed by atoms with van der Waals surface area (Å²) in [5, 5.41) is 0. The smallest absolute Gasteiger partial charge is 0.120 e. The summed E-state index contributed by atoms with van der Waals surface area (Å²) in [5.41, 5.74) is 0. The van der Waals surface area contributed by atoms with Crippen LogP contribution in [-0.4, -0.2) is 49.0 Å². The van der Waals surface area contributed by atoms with Gasteiger partial charge in [0.25, 0.3) is 0 Å². The first-order chi connectivity index (χ1) is 10.5. The molecule has 3 rings (SSSR count). The third kappa shape index (κ3) is 3.84. The van der Waals surface area contributed by atoms with Crippen molar-refractivity contribution in [3.63, 3.8) is 0 Å². The molecule has 2 aliphatic carbocycles. The summed E-state index contributed by atoms with van der Waals surface area (Å²) in [4.78, 5) is 0.181. The van der Waals surface area contributed by atoms with E-state index in [1.807, 2.05) is 0 Å². The molecule has 1 heterocycles. The molecule has 0 N–H and O–H groups in total. The van der Waals surface area contributed by atoms with Gasteiger partial charge in [0.15, 0.2) is 0 Å². The second-order valence-electron chi connectivity index (χ2n) is 8.92. The van der Waals surface area contributed by atoms with Crippen LogP contribution >= 0.6 is 11.8 Å². The van der Waals surface area contributed by atoms with Crippen LogP contribution in [0.5, 0.6) is 0 Å². The van der Waals surface area contributed by atoms with Crippen molar-refractivity contribution < 1.29 is 9.22 Å². The molecular formula is C19H36NOS+. The van der Waals surface area contributed by atoms with E-state index in [4.69, 9.17) is 4.74 Å². The largest absolute Gasteiger partial charge is 0.354 e. The Balaban J connectivity index is 1.75. The minimum atomic E-state index is 0.181. The summed E-state index contributed by atoms with van der Waals surface area (Å²) in [6, 6.07) is 0. The van der Waals surface area contributed by atoms with Crippen LogP contribution < -0.4 is 0 Å². The summed E-state index contributed by atoms with van der Waals surface area (Å²) in [7, 11) is 6.90. The van der Waals surface area contributed by atoms with E-state index in [0.29, 0.717) is 6.10 Å². The van der Waals surface area contributed by atoms with Crippen molar-refractivity contribution in [2.24, 2.45) is 11.8 Å². The van der Waals surface area contributed by atoms with Crippen molar-refractivity contribution in [2.75, 3.05) is 33.4 Å². The fraction of sp³-hybridized carbons (Fsp3) is 1.00. The van der Waals surface area contributed by atoms with Crippen molar-refractivity contribution >= 4 is 11.8 Å². The van der Waals surface area contributed by atoms with Gasteiger partial charge in [-0.15, -0.1) is 11.8 Å². The minimum absolute atomic E-state index is 0.181. The number of likely N-dealkylation sites (N-methyl/N-ethyl adjacent to an activating group) is 1. The van der Waals surface area contributed by atoms with E-state index in [9.17, 15) is 0 Å². The molecule has 3 aliphatic rings. The van der Waals surface area contributed by atoms with Gasteiger partial charge < -0.3 is 9.22 Å². The fourth-order valence-electron chi connectivity index (χ4n) is 5.02. The summed E-state index contributed by atoms with van der Waals surface area (Å²) in [6.45, 7) is 1.16. The molecule has 22 heavy (non-hydrogen) atoms. The number of nitrogens with zero attached hydrogens (tertiary/aromatic N) is 1. The molecule has 0 radical (unpaired) electrons. The van der Waals surface area contributed by atoms with E-state index < -0.39 is 0 Å². The summed E-state index contributed by atoms with van der Waals surface area (Å²) >= 11 is 2.22. The quantitative estimate of drug-likeness (QED) is 0.694. The van der Waals surface area contributed by atoms with Crippen LogP contribution in [0.15, 0.2) is 0 Å². The molecule has 1 aliphatic heterocycles. The monoisotopic (exact) mass is 326 g/mol. The third-order valence-electron chi connectivity index (χ3n) is 5.95. The van der Waals surface area contributed by atoms with Gasteiger partial charge in [0.05, 0.1) is 21.1 Å². The van der Waals surface area contributed by atoms with Crippen molar-refractivity contribution in [1.29, 1.82) is 0 Å². The predicted octanol–water partition coefficient (Wildman–Crippen LogP) is 4.68. The highest BCUT2D eigenvalue weighted by molar-refractivity contribution is 8.00. The van der Waals surface area contributed by atoms with Crippen LogP contribution in [-0.2, 0) is 4.74 Å². The van der Waals surface area contributed by atoms with E-state index in [2.05, 4.69) is 32.9 Å². The van der Waals surface area contributed by atoms with Gasteiger partial charge >= 0.3 is 0 Å². The Morgan fingerprint density at radius 1 is 0.864 bits per heavy atom. The molecule has 1 atom stereocenters. The SMILES string of the molecule is C[N+](C)(C)C[C@@H]1CSC(C2CCCCC2)(C2CCCCC2)O1. The maximum atomic E-state index is 6.95. The van der Waals surface area contributed by atoms with Crippen LogP contribution in [0.3, 0.4) is 0 Å². The van der Waals surface area contributed by atoms with Gasteiger partial charge in [-0.25, -0.2) is 0 Å². The van der Waals surface area contributed by atoms with Crippen molar-refractivity contribution in [2.45, 2.75) is 75.2 Å². The van der Waals surface area contributed by atoms with Gasteiger partial charge in [0.1, 0.15) is 17.6 Å². The van der Waals surface area contributed by atoms with Gasteiger partial charge in [-0.1, -0.05) is 38.5 Å². The zero-order chi connectivity index (χ0) is 15.6. The summed E-state index contributed by atoms with van der Waals surface area (Å²) < 4.78 is 7.98. The molecule has 0 spiro atoms. The Morgan fingerprint density at radius 2 is 1.36 bits per heavy atom. The lowest BCUT2D eigenvalue weighted by Crippen LogP contribution is -2.47. The van der Waals surface area contributed by atoms with E-state index in [0.717, 1.165) is 22.9 Å². The summed E-state index contributed by atoms with van der Waals surface area (Å²) in [6.07, 6.45) is 14.8. The average molecular weight is 327 g/mol. The normalized spacial score (nSPS) is 31.5. The molecule has 2 nitrogen and oxygen atoms in total. The van der Waals surface area contributed by atoms with Crippen molar-refractivity contribution in [3.8, 4) is 0 Å². The average Bonchev–Trinajstić information content (AvgIpc) is 2.92.